The summed E-state index contributed by atoms with van der Waals surface area (Å²) in [6.45, 7) is 0. The van der Waals surface area contributed by atoms with Gasteiger partial charge in [-0.05, 0) is 181 Å². The van der Waals surface area contributed by atoms with Gasteiger partial charge in [0.2, 0.25) is 16.2 Å². The molecule has 0 atom stereocenters. The maximum absolute atomic E-state index is 16.0. The lowest BCUT2D eigenvalue weighted by Crippen LogP contribution is -2.53. The van der Waals surface area contributed by atoms with Crippen LogP contribution in [0.5, 0.6) is 0 Å². The molecule has 0 N–H and O–H groups in total. The van der Waals surface area contributed by atoms with E-state index in [0.29, 0.717) is 35.0 Å². The molecular weight excluding hydrogens is 1120 g/mol. The molecule has 0 amide bonds. The minimum Gasteiger partial charge on any atom is -0.169 e. The van der Waals surface area contributed by atoms with E-state index in [1.54, 1.807) is 72.8 Å². The van der Waals surface area contributed by atoms with E-state index in [9.17, 15) is 0 Å². The molecule has 0 nitrogen and oxygen atoms in total. The van der Waals surface area contributed by atoms with Crippen molar-refractivity contribution in [1.29, 1.82) is 0 Å². The first-order valence-electron chi connectivity index (χ1n) is 25.2. The zero-order valence-corrected chi connectivity index (χ0v) is 41.8. The molecule has 0 saturated heterocycles. The number of rotatable bonds is 4. The van der Waals surface area contributed by atoms with Crippen molar-refractivity contribution in [3.63, 3.8) is 0 Å². The lowest BCUT2D eigenvalue weighted by atomic mass is 9.74. The first kappa shape index (κ1) is 53.8. The Balaban J connectivity index is 0.938. The van der Waals surface area contributed by atoms with Crippen LogP contribution in [-0.2, 0) is 16.2 Å². The summed E-state index contributed by atoms with van der Waals surface area (Å²) in [7, 11) is 0. The Morgan fingerprint density at radius 2 is 0.349 bits per heavy atom. The predicted molar refractivity (Wildman–Crippen MR) is 278 cm³/mol. The monoisotopic (exact) mass is 1150 g/mol. The number of benzene rings is 10. The van der Waals surface area contributed by atoms with Crippen LogP contribution in [0.3, 0.4) is 0 Å². The highest BCUT2D eigenvalue weighted by atomic mass is 19.4. The fourth-order valence-corrected chi connectivity index (χ4v) is 13.1. The maximum Gasteiger partial charge on any atom is 0.411 e. The molecule has 0 aromatic heterocycles. The second-order valence-electron chi connectivity index (χ2n) is 20.9. The zero-order valence-electron chi connectivity index (χ0n) is 41.8. The van der Waals surface area contributed by atoms with Gasteiger partial charge < -0.3 is 0 Å². The number of hydrogen-bond acceptors (Lipinski definition) is 0. The molecule has 18 heteroatoms. The topological polar surface area (TPSA) is 0 Å². The summed E-state index contributed by atoms with van der Waals surface area (Å²) >= 11 is 0. The molecule has 3 aliphatic carbocycles. The second kappa shape index (κ2) is 17.3. The first-order chi connectivity index (χ1) is 38.9. The van der Waals surface area contributed by atoms with Crippen molar-refractivity contribution < 1.29 is 79.0 Å². The fraction of sp³-hybridized carbons (Fsp3) is 0.138. The molecule has 0 saturated carbocycles. The molecule has 0 radical (unpaired) electrons. The summed E-state index contributed by atoms with van der Waals surface area (Å²) in [5, 5.41) is 2.70. The van der Waals surface area contributed by atoms with E-state index in [0.717, 1.165) is 83.6 Å². The van der Waals surface area contributed by atoms with Gasteiger partial charge >= 0.3 is 37.1 Å². The van der Waals surface area contributed by atoms with Crippen LogP contribution in [0.1, 0.15) is 33.4 Å². The molecule has 0 fully saturated rings. The molecule has 10 aromatic carbocycles. The Kier molecular flexibility index (Phi) is 11.2. The standard InChI is InChI=1S/C65H32F18/c66-60(67,68)57(61(69,70)71)51-27-39(37-11-9-33-5-1-3-7-35(33)25-37)13-19-45(51)47-21-15-41(29-53(47)57)43-17-23-49-50-24-18-44(32-56(50)59(55(49)31-43,64(78,79)80)65(81,82)83)42-16-22-48-46-20-14-40(38-12-10-34-6-2-4-8-36(34)26-38)28-52(46)58(54(48)30-42,62(72,73)74)63(75,76)77/h1-32H. The highest BCUT2D eigenvalue weighted by Crippen LogP contribution is 2.68. The van der Waals surface area contributed by atoms with Crippen molar-refractivity contribution in [1.82, 2.24) is 0 Å². The van der Waals surface area contributed by atoms with Gasteiger partial charge in [0, 0.05) is 0 Å². The van der Waals surface area contributed by atoms with E-state index >= 15 is 79.0 Å². The molecule has 3 aliphatic rings. The minimum atomic E-state index is -6.36. The summed E-state index contributed by atoms with van der Waals surface area (Å²) in [5.74, 6) is 0. The van der Waals surface area contributed by atoms with E-state index in [1.165, 1.54) is 24.3 Å². The highest BCUT2D eigenvalue weighted by molar-refractivity contribution is 5.94. The van der Waals surface area contributed by atoms with Crippen LogP contribution in [0, 0.1) is 0 Å². The summed E-state index contributed by atoms with van der Waals surface area (Å²) in [4.78, 5) is 0. The lowest BCUT2D eigenvalue weighted by Gasteiger charge is -2.36. The Morgan fingerprint density at radius 3 is 0.542 bits per heavy atom. The van der Waals surface area contributed by atoms with Crippen molar-refractivity contribution in [3.05, 3.63) is 228 Å². The van der Waals surface area contributed by atoms with Crippen molar-refractivity contribution in [2.45, 2.75) is 53.3 Å². The van der Waals surface area contributed by atoms with Crippen LogP contribution in [0.2, 0.25) is 0 Å². The van der Waals surface area contributed by atoms with Gasteiger partial charge in [-0.2, -0.15) is 79.0 Å². The highest BCUT2D eigenvalue weighted by Gasteiger charge is 2.78. The molecule has 0 unspecified atom stereocenters. The molecule has 418 valence electrons. The Bertz CT molecular complexity index is 4070. The lowest BCUT2D eigenvalue weighted by molar-refractivity contribution is -0.288. The fourth-order valence-electron chi connectivity index (χ4n) is 13.1. The molecule has 0 aliphatic heterocycles. The minimum absolute atomic E-state index is 0.0263. The second-order valence-corrected chi connectivity index (χ2v) is 20.9. The van der Waals surface area contributed by atoms with Gasteiger partial charge in [0.25, 0.3) is 0 Å². The molecule has 0 heterocycles. The van der Waals surface area contributed by atoms with Crippen LogP contribution < -0.4 is 0 Å². The Labute approximate surface area is 457 Å². The molecule has 0 bridgehead atoms. The Morgan fingerprint density at radius 1 is 0.181 bits per heavy atom. The van der Waals surface area contributed by atoms with Gasteiger partial charge in [-0.3, -0.25) is 0 Å². The largest absolute Gasteiger partial charge is 0.411 e. The predicted octanol–water partition coefficient (Wildman–Crippen LogP) is 20.8. The zero-order chi connectivity index (χ0) is 59.0. The van der Waals surface area contributed by atoms with Crippen molar-refractivity contribution in [3.8, 4) is 77.9 Å². The summed E-state index contributed by atoms with van der Waals surface area (Å²) in [5.41, 5.74) is -28.6. The third-order valence-corrected chi connectivity index (χ3v) is 16.8. The van der Waals surface area contributed by atoms with E-state index in [1.807, 2.05) is 0 Å². The smallest absolute Gasteiger partial charge is 0.169 e. The molecule has 83 heavy (non-hydrogen) atoms. The van der Waals surface area contributed by atoms with Crippen LogP contribution in [-0.4, -0.2) is 37.1 Å². The summed E-state index contributed by atoms with van der Waals surface area (Å²) in [6.07, 6.45) is -37.3. The van der Waals surface area contributed by atoms with Crippen LogP contribution in [0.4, 0.5) is 79.0 Å². The summed E-state index contributed by atoms with van der Waals surface area (Å²) in [6, 6.07) is 38.1. The number of halogens is 18. The molecule has 0 spiro atoms. The SMILES string of the molecule is FC(F)(F)C1(C(F)(F)F)c2cc(-c3ccc4c(c3)C(C(F)(F)F)(C(F)(F)F)c3cc(-c5ccc6ccccc6c5)ccc3-4)ccc2-c2ccc(-c3ccc4c(c3)C(C(F)(F)F)(C(F)(F)F)c3cc(-c5ccc6ccccc6c5)ccc3-4)cc21. The van der Waals surface area contributed by atoms with Gasteiger partial charge in [-0.25, -0.2) is 0 Å². The van der Waals surface area contributed by atoms with Crippen molar-refractivity contribution in [2.24, 2.45) is 0 Å². The van der Waals surface area contributed by atoms with E-state index < -0.39 is 142 Å². The Hall–Kier alpha value is -8.54. The molecule has 10 aromatic rings. The summed E-state index contributed by atoms with van der Waals surface area (Å²) < 4.78 is 284. The van der Waals surface area contributed by atoms with Crippen LogP contribution in [0.25, 0.3) is 99.4 Å². The van der Waals surface area contributed by atoms with Gasteiger partial charge in [-0.1, -0.05) is 146 Å². The van der Waals surface area contributed by atoms with E-state index in [4.69, 9.17) is 0 Å². The third-order valence-electron chi connectivity index (χ3n) is 16.8. The quantitative estimate of drug-likeness (QED) is 0.154. The van der Waals surface area contributed by atoms with E-state index in [2.05, 4.69) is 0 Å². The first-order valence-corrected chi connectivity index (χ1v) is 25.2. The number of hydrogen-bond donors (Lipinski definition) is 0. The van der Waals surface area contributed by atoms with Crippen molar-refractivity contribution in [2.75, 3.05) is 0 Å². The molecule has 13 rings (SSSR count). The van der Waals surface area contributed by atoms with Crippen LogP contribution >= 0.6 is 0 Å². The van der Waals surface area contributed by atoms with Gasteiger partial charge in [0.15, 0.2) is 0 Å². The molecular formula is C65H32F18. The van der Waals surface area contributed by atoms with Crippen LogP contribution in [0.15, 0.2) is 194 Å². The van der Waals surface area contributed by atoms with Gasteiger partial charge in [0.1, 0.15) is 0 Å². The van der Waals surface area contributed by atoms with Gasteiger partial charge in [-0.15, -0.1) is 0 Å². The normalized spacial score (nSPS) is 15.9. The third kappa shape index (κ3) is 7.25. The average molecular weight is 1150 g/mol. The van der Waals surface area contributed by atoms with Crippen molar-refractivity contribution >= 4 is 21.5 Å². The van der Waals surface area contributed by atoms with Gasteiger partial charge in [0.05, 0.1) is 0 Å². The van der Waals surface area contributed by atoms with E-state index in [-0.39, 0.29) is 22.3 Å². The maximum atomic E-state index is 16.0. The number of fused-ring (bicyclic) bond motifs is 11. The number of alkyl halides is 18. The average Bonchev–Trinajstić information content (AvgIpc) is 1.62.